The summed E-state index contributed by atoms with van der Waals surface area (Å²) in [6.45, 7) is 0.988. The van der Waals surface area contributed by atoms with Gasteiger partial charge in [0.2, 0.25) is 0 Å². The van der Waals surface area contributed by atoms with Crippen LogP contribution in [0.3, 0.4) is 0 Å². The average molecular weight is 420 g/mol. The molecule has 0 unspecified atom stereocenters. The normalized spacial score (nSPS) is 11.2. The minimum Gasteiger partial charge on any atom is -0.354 e. The van der Waals surface area contributed by atoms with Crippen LogP contribution in [0, 0.1) is 0 Å². The minimum absolute atomic E-state index is 0.0360. The van der Waals surface area contributed by atoms with Gasteiger partial charge in [-0.05, 0) is 6.07 Å². The Hall–Kier alpha value is -2.37. The van der Waals surface area contributed by atoms with Gasteiger partial charge in [-0.3, -0.25) is 4.79 Å². The maximum Gasteiger partial charge on any atom is 0.264 e. The van der Waals surface area contributed by atoms with Crippen LogP contribution >= 0.6 is 34.0 Å². The zero-order valence-corrected chi connectivity index (χ0v) is 17.4. The molecule has 0 bridgehead atoms. The quantitative estimate of drug-likeness (QED) is 0.478. The highest BCUT2D eigenvalue weighted by atomic mass is 32.1. The maximum absolute atomic E-state index is 12.7. The van der Waals surface area contributed by atoms with Crippen molar-refractivity contribution < 1.29 is 4.79 Å². The highest BCUT2D eigenvalue weighted by Crippen LogP contribution is 2.34. The van der Waals surface area contributed by atoms with E-state index in [4.69, 9.17) is 0 Å². The number of hydrogen-bond donors (Lipinski definition) is 0. The summed E-state index contributed by atoms with van der Waals surface area (Å²) in [5, 5.41) is 12.1. The lowest BCUT2D eigenvalue weighted by atomic mass is 10.3. The van der Waals surface area contributed by atoms with Crippen LogP contribution in [0.25, 0.3) is 9.53 Å². The number of hydrogen-bond acceptors (Lipinski definition) is 9. The molecule has 8 nitrogen and oxygen atoms in total. The van der Waals surface area contributed by atoms with E-state index in [0.717, 1.165) is 25.4 Å². The number of aromatic nitrogens is 5. The van der Waals surface area contributed by atoms with Gasteiger partial charge < -0.3 is 9.80 Å². The summed E-state index contributed by atoms with van der Waals surface area (Å²) in [5.74, 6) is -0.0360. The molecule has 0 N–H and O–H groups in total. The highest BCUT2D eigenvalue weighted by Gasteiger charge is 2.19. The highest BCUT2D eigenvalue weighted by molar-refractivity contribution is 7.29. The molecular formula is C16H17N7OS3. The third kappa shape index (κ3) is 3.84. The first-order chi connectivity index (χ1) is 13.0. The number of thiophene rings is 1. The number of anilines is 1. The van der Waals surface area contributed by atoms with Gasteiger partial charge in [-0.15, -0.1) is 27.8 Å². The van der Waals surface area contributed by atoms with E-state index in [2.05, 4.69) is 20.3 Å². The summed E-state index contributed by atoms with van der Waals surface area (Å²) >= 11 is 4.59. The van der Waals surface area contributed by atoms with Gasteiger partial charge in [-0.2, -0.15) is 0 Å². The van der Waals surface area contributed by atoms with E-state index in [0.29, 0.717) is 18.0 Å². The van der Waals surface area contributed by atoms with Crippen LogP contribution in [-0.4, -0.2) is 56.9 Å². The van der Waals surface area contributed by atoms with Crippen molar-refractivity contribution in [2.75, 3.05) is 26.0 Å². The zero-order chi connectivity index (χ0) is 19.0. The standard InChI is InChI=1S/C16H17N7OS3/c1-21(2)16-18-14-11(27-16)6-12(26-14)15(24)22(3)7-10-8-23(20-19-10)9-13-17-4-5-25-13/h4-6,8H,7,9H2,1-3H3. The number of nitrogens with zero attached hydrogens (tertiary/aromatic N) is 7. The predicted molar refractivity (Wildman–Crippen MR) is 109 cm³/mol. The molecule has 4 aromatic rings. The van der Waals surface area contributed by atoms with Crippen LogP contribution in [0.5, 0.6) is 0 Å². The molecule has 0 saturated heterocycles. The van der Waals surface area contributed by atoms with Gasteiger partial charge in [-0.1, -0.05) is 16.6 Å². The van der Waals surface area contributed by atoms with E-state index < -0.39 is 0 Å². The van der Waals surface area contributed by atoms with E-state index in [1.807, 2.05) is 36.6 Å². The van der Waals surface area contributed by atoms with Crippen LogP contribution in [-0.2, 0) is 13.1 Å². The fourth-order valence-electron chi connectivity index (χ4n) is 2.48. The lowest BCUT2D eigenvalue weighted by Gasteiger charge is -2.14. The van der Waals surface area contributed by atoms with Crippen LogP contribution < -0.4 is 4.90 Å². The van der Waals surface area contributed by atoms with Crippen molar-refractivity contribution in [1.82, 2.24) is 29.9 Å². The topological polar surface area (TPSA) is 80.0 Å². The summed E-state index contributed by atoms with van der Waals surface area (Å²) in [6.07, 6.45) is 3.62. The molecule has 0 aromatic carbocycles. The van der Waals surface area contributed by atoms with Gasteiger partial charge in [-0.25, -0.2) is 14.6 Å². The van der Waals surface area contributed by atoms with E-state index in [1.165, 1.54) is 11.3 Å². The Kier molecular flexibility index (Phi) is 4.89. The molecule has 4 rings (SSSR count). The smallest absolute Gasteiger partial charge is 0.264 e. The molecule has 4 heterocycles. The maximum atomic E-state index is 12.7. The molecule has 0 fully saturated rings. The van der Waals surface area contributed by atoms with Gasteiger partial charge >= 0.3 is 0 Å². The first-order valence-corrected chi connectivity index (χ1v) is 10.6. The second-order valence-corrected chi connectivity index (χ2v) is 9.18. The monoisotopic (exact) mass is 419 g/mol. The first kappa shape index (κ1) is 18.0. The Labute approximate surface area is 167 Å². The molecule has 11 heteroatoms. The summed E-state index contributed by atoms with van der Waals surface area (Å²) in [7, 11) is 5.70. The van der Waals surface area contributed by atoms with Crippen LogP contribution in [0.2, 0.25) is 0 Å². The van der Waals surface area contributed by atoms with E-state index >= 15 is 0 Å². The molecule has 1 amide bonds. The third-order valence-corrected chi connectivity index (χ3v) is 6.86. The molecule has 0 aliphatic carbocycles. The Morgan fingerprint density at radius 2 is 2.11 bits per heavy atom. The number of thiazole rings is 2. The Morgan fingerprint density at radius 3 is 2.81 bits per heavy atom. The molecule has 0 radical (unpaired) electrons. The lowest BCUT2D eigenvalue weighted by molar-refractivity contribution is 0.0788. The van der Waals surface area contributed by atoms with Crippen molar-refractivity contribution in [3.05, 3.63) is 39.4 Å². The van der Waals surface area contributed by atoms with Crippen molar-refractivity contribution >= 4 is 54.6 Å². The van der Waals surface area contributed by atoms with Crippen LogP contribution in [0.4, 0.5) is 5.13 Å². The van der Waals surface area contributed by atoms with Gasteiger partial charge in [0.05, 0.1) is 28.9 Å². The first-order valence-electron chi connectivity index (χ1n) is 8.10. The molecule has 0 atom stereocenters. The zero-order valence-electron chi connectivity index (χ0n) is 15.0. The number of amides is 1. The SMILES string of the molecule is CN(Cc1cn(Cc2nccs2)nn1)C(=O)c1cc2sc(N(C)C)nc2s1. The van der Waals surface area contributed by atoms with Gasteiger partial charge in [0.1, 0.15) is 15.5 Å². The predicted octanol–water partition coefficient (Wildman–Crippen LogP) is 2.79. The van der Waals surface area contributed by atoms with Crippen molar-refractivity contribution in [3.8, 4) is 0 Å². The minimum atomic E-state index is -0.0360. The second-order valence-electron chi connectivity index (χ2n) is 6.17. The molecule has 0 aliphatic rings. The van der Waals surface area contributed by atoms with Crippen molar-refractivity contribution in [2.24, 2.45) is 0 Å². The average Bonchev–Trinajstić information content (AvgIpc) is 3.38. The van der Waals surface area contributed by atoms with E-state index in [1.54, 1.807) is 45.5 Å². The van der Waals surface area contributed by atoms with E-state index in [-0.39, 0.29) is 5.91 Å². The molecule has 0 saturated carbocycles. The number of fused-ring (bicyclic) bond motifs is 1. The number of carbonyl (C=O) groups excluding carboxylic acids is 1. The molecule has 27 heavy (non-hydrogen) atoms. The second kappa shape index (κ2) is 7.33. The summed E-state index contributed by atoms with van der Waals surface area (Å²) in [5.41, 5.74) is 0.744. The summed E-state index contributed by atoms with van der Waals surface area (Å²) in [6, 6.07) is 1.92. The molecular weight excluding hydrogens is 402 g/mol. The Balaban J connectivity index is 1.43. The van der Waals surface area contributed by atoms with Crippen molar-refractivity contribution in [1.29, 1.82) is 0 Å². The van der Waals surface area contributed by atoms with Gasteiger partial charge in [0, 0.05) is 32.7 Å². The van der Waals surface area contributed by atoms with Crippen molar-refractivity contribution in [2.45, 2.75) is 13.1 Å². The molecule has 140 valence electrons. The van der Waals surface area contributed by atoms with Gasteiger partial charge in [0.15, 0.2) is 5.13 Å². The lowest BCUT2D eigenvalue weighted by Crippen LogP contribution is -2.25. The van der Waals surface area contributed by atoms with Crippen LogP contribution in [0.1, 0.15) is 20.4 Å². The molecule has 0 spiro atoms. The van der Waals surface area contributed by atoms with Crippen LogP contribution in [0.15, 0.2) is 23.8 Å². The summed E-state index contributed by atoms with van der Waals surface area (Å²) < 4.78 is 2.77. The number of rotatable bonds is 6. The van der Waals surface area contributed by atoms with Gasteiger partial charge in [0.25, 0.3) is 5.91 Å². The fraction of sp³-hybridized carbons (Fsp3) is 0.312. The van der Waals surface area contributed by atoms with Crippen molar-refractivity contribution in [3.63, 3.8) is 0 Å². The number of carbonyl (C=O) groups is 1. The molecule has 4 aromatic heterocycles. The largest absolute Gasteiger partial charge is 0.354 e. The fourth-order valence-corrected chi connectivity index (χ4v) is 5.22. The van der Waals surface area contributed by atoms with E-state index in [9.17, 15) is 4.79 Å². The Morgan fingerprint density at radius 1 is 1.26 bits per heavy atom. The summed E-state index contributed by atoms with van der Waals surface area (Å²) in [4.78, 5) is 26.7. The Bertz CT molecular complexity index is 1030. The third-order valence-electron chi connectivity index (χ3n) is 3.78. The molecule has 0 aliphatic heterocycles.